The first-order chi connectivity index (χ1) is 21.3. The molecular formula is C34H39N5O5. The Balaban J connectivity index is 1.15. The van der Waals surface area contributed by atoms with Crippen molar-refractivity contribution in [2.24, 2.45) is 13.0 Å². The molecule has 6 rings (SSSR count). The lowest BCUT2D eigenvalue weighted by atomic mass is 9.79. The van der Waals surface area contributed by atoms with E-state index in [1.165, 1.54) is 10.9 Å². The fourth-order valence-electron chi connectivity index (χ4n) is 6.79. The van der Waals surface area contributed by atoms with Gasteiger partial charge >= 0.3 is 0 Å². The van der Waals surface area contributed by atoms with Gasteiger partial charge < -0.3 is 24.6 Å². The van der Waals surface area contributed by atoms with Gasteiger partial charge in [-0.05, 0) is 55.0 Å². The summed E-state index contributed by atoms with van der Waals surface area (Å²) in [6.45, 7) is 1.83. The van der Waals surface area contributed by atoms with Crippen molar-refractivity contribution in [3.63, 3.8) is 0 Å². The zero-order valence-electron chi connectivity index (χ0n) is 25.0. The van der Waals surface area contributed by atoms with Gasteiger partial charge in [0.25, 0.3) is 11.5 Å². The predicted octanol–water partition coefficient (Wildman–Crippen LogP) is 2.57. The minimum atomic E-state index is -1.12. The van der Waals surface area contributed by atoms with Crippen molar-refractivity contribution in [1.29, 1.82) is 0 Å². The highest BCUT2D eigenvalue weighted by atomic mass is 16.3. The number of rotatable bonds is 7. The first kappa shape index (κ1) is 29.8. The van der Waals surface area contributed by atoms with Crippen LogP contribution < -0.4 is 5.56 Å². The Morgan fingerprint density at radius 2 is 1.77 bits per heavy atom. The summed E-state index contributed by atoms with van der Waals surface area (Å²) in [6.07, 6.45) is 5.03. The maximum atomic E-state index is 14.0. The third-order valence-corrected chi connectivity index (χ3v) is 9.34. The van der Waals surface area contributed by atoms with E-state index in [1.807, 2.05) is 65.4 Å². The molecule has 0 unspecified atom stereocenters. The molecule has 2 aliphatic heterocycles. The smallest absolute Gasteiger partial charge is 0.262 e. The van der Waals surface area contributed by atoms with Crippen LogP contribution in [0.2, 0.25) is 0 Å². The number of aliphatic hydroxyl groups is 2. The van der Waals surface area contributed by atoms with Crippen molar-refractivity contribution >= 4 is 22.8 Å². The number of fused-ring (bicyclic) bond motifs is 1. The maximum Gasteiger partial charge on any atom is 0.262 e. The van der Waals surface area contributed by atoms with Gasteiger partial charge in [0.1, 0.15) is 12.0 Å². The summed E-state index contributed by atoms with van der Waals surface area (Å²) in [5.74, 6) is -0.480. The number of carbonyl (C=O) groups is 2. The predicted molar refractivity (Wildman–Crippen MR) is 166 cm³/mol. The average Bonchev–Trinajstić information content (AvgIpc) is 3.43. The first-order valence-corrected chi connectivity index (χ1v) is 15.3. The van der Waals surface area contributed by atoms with E-state index in [4.69, 9.17) is 0 Å². The SMILES string of the molecule is Cn1ccc2c(=O)n(CC3(O)CCN(C(=O)[C@@H]4CCN(C(=O)c5cccc(CCO)c5)C[C@H]4c4ccccc4)CC3)cnc21. The van der Waals surface area contributed by atoms with Crippen LogP contribution in [-0.4, -0.2) is 84.3 Å². The number of nitrogens with zero attached hydrogens (tertiary/aromatic N) is 5. The zero-order chi connectivity index (χ0) is 30.8. The number of piperidine rings is 2. The second-order valence-corrected chi connectivity index (χ2v) is 12.2. The molecule has 4 aromatic rings. The fourth-order valence-corrected chi connectivity index (χ4v) is 6.79. The molecule has 44 heavy (non-hydrogen) atoms. The molecule has 2 saturated heterocycles. The Hall–Kier alpha value is -4.28. The van der Waals surface area contributed by atoms with Crippen molar-refractivity contribution in [3.8, 4) is 0 Å². The van der Waals surface area contributed by atoms with E-state index >= 15 is 0 Å². The molecule has 2 fully saturated rings. The number of hydrogen-bond donors (Lipinski definition) is 2. The molecule has 10 nitrogen and oxygen atoms in total. The van der Waals surface area contributed by atoms with Gasteiger partial charge in [-0.15, -0.1) is 0 Å². The van der Waals surface area contributed by atoms with E-state index in [1.54, 1.807) is 22.9 Å². The van der Waals surface area contributed by atoms with Gasteiger partial charge in [-0.1, -0.05) is 42.5 Å². The Kier molecular flexibility index (Phi) is 8.38. The van der Waals surface area contributed by atoms with E-state index in [2.05, 4.69) is 4.98 Å². The summed E-state index contributed by atoms with van der Waals surface area (Å²) in [5.41, 5.74) is 1.82. The number of hydrogen-bond acceptors (Lipinski definition) is 6. The number of aryl methyl sites for hydroxylation is 1. The lowest BCUT2D eigenvalue weighted by Crippen LogP contribution is -2.53. The van der Waals surface area contributed by atoms with Crippen molar-refractivity contribution < 1.29 is 19.8 Å². The van der Waals surface area contributed by atoms with Crippen molar-refractivity contribution in [2.45, 2.75) is 43.7 Å². The Morgan fingerprint density at radius 3 is 2.52 bits per heavy atom. The monoisotopic (exact) mass is 597 g/mol. The standard InChI is InChI=1S/C34H39N5O5/c1-36-15-10-28-30(36)35-23-39(33(28)43)22-34(44)13-17-37(18-14-34)32(42)27-11-16-38(21-29(27)25-7-3-2-4-8-25)31(41)26-9-5-6-24(20-26)12-19-40/h2-10,15,20,23,27,29,40,44H,11-14,16-19,21-22H2,1H3/t27-,29+/m1/s1. The van der Waals surface area contributed by atoms with Gasteiger partial charge in [-0.2, -0.15) is 0 Å². The molecule has 10 heteroatoms. The molecule has 0 bridgehead atoms. The van der Waals surface area contributed by atoms with Gasteiger partial charge in [0, 0.05) is 63.4 Å². The minimum absolute atomic E-state index is 0.0221. The normalized spacial score (nSPS) is 20.2. The lowest BCUT2D eigenvalue weighted by Gasteiger charge is -2.43. The third-order valence-electron chi connectivity index (χ3n) is 9.34. The van der Waals surface area contributed by atoms with Crippen molar-refractivity contribution in [1.82, 2.24) is 23.9 Å². The van der Waals surface area contributed by atoms with Crippen LogP contribution in [-0.2, 0) is 24.8 Å². The minimum Gasteiger partial charge on any atom is -0.396 e. The first-order valence-electron chi connectivity index (χ1n) is 15.3. The number of benzene rings is 2. The van der Waals surface area contributed by atoms with Gasteiger partial charge in [0.15, 0.2) is 0 Å². The molecule has 2 amide bonds. The van der Waals surface area contributed by atoms with E-state index in [0.717, 1.165) is 11.1 Å². The number of carbonyl (C=O) groups excluding carboxylic acids is 2. The van der Waals surface area contributed by atoms with Crippen LogP contribution in [0, 0.1) is 5.92 Å². The van der Waals surface area contributed by atoms with Crippen LogP contribution in [0.4, 0.5) is 0 Å². The van der Waals surface area contributed by atoms with Crippen LogP contribution in [0.25, 0.3) is 11.0 Å². The highest BCUT2D eigenvalue weighted by Gasteiger charge is 2.41. The Labute approximate surface area is 256 Å². The number of aliphatic hydroxyl groups excluding tert-OH is 1. The molecule has 230 valence electrons. The molecule has 2 aromatic carbocycles. The topological polar surface area (TPSA) is 121 Å². The average molecular weight is 598 g/mol. The van der Waals surface area contributed by atoms with E-state index in [0.29, 0.717) is 68.5 Å². The van der Waals surface area contributed by atoms with E-state index < -0.39 is 5.60 Å². The van der Waals surface area contributed by atoms with Gasteiger partial charge in [-0.25, -0.2) is 4.98 Å². The summed E-state index contributed by atoms with van der Waals surface area (Å²) in [5, 5.41) is 21.3. The molecule has 2 N–H and O–H groups in total. The van der Waals surface area contributed by atoms with Crippen molar-refractivity contribution in [2.75, 3.05) is 32.8 Å². The molecule has 2 aliphatic rings. The molecule has 0 radical (unpaired) electrons. The molecule has 2 atom stereocenters. The van der Waals surface area contributed by atoms with E-state index in [9.17, 15) is 24.6 Å². The van der Waals surface area contributed by atoms with Gasteiger partial charge in [0.05, 0.1) is 17.5 Å². The van der Waals surface area contributed by atoms with Crippen LogP contribution in [0.3, 0.4) is 0 Å². The Morgan fingerprint density at radius 1 is 1.00 bits per heavy atom. The third kappa shape index (κ3) is 5.92. The quantitative estimate of drug-likeness (QED) is 0.338. The highest BCUT2D eigenvalue weighted by molar-refractivity contribution is 5.94. The molecule has 0 saturated carbocycles. The molecule has 2 aromatic heterocycles. The lowest BCUT2D eigenvalue weighted by molar-refractivity contribution is -0.142. The second-order valence-electron chi connectivity index (χ2n) is 12.2. The van der Waals surface area contributed by atoms with Gasteiger partial charge in [-0.3, -0.25) is 19.0 Å². The molecule has 0 aliphatic carbocycles. The van der Waals surface area contributed by atoms with Crippen LogP contribution in [0.5, 0.6) is 0 Å². The number of aromatic nitrogens is 3. The van der Waals surface area contributed by atoms with Gasteiger partial charge in [0.2, 0.25) is 5.91 Å². The Bertz CT molecular complexity index is 1710. The summed E-state index contributed by atoms with van der Waals surface area (Å²) in [6, 6.07) is 19.0. The van der Waals surface area contributed by atoms with Crippen LogP contribution >= 0.6 is 0 Å². The molecule has 4 heterocycles. The maximum absolute atomic E-state index is 14.0. The largest absolute Gasteiger partial charge is 0.396 e. The zero-order valence-corrected chi connectivity index (χ0v) is 25.0. The number of likely N-dealkylation sites (tertiary alicyclic amines) is 2. The summed E-state index contributed by atoms with van der Waals surface area (Å²) in [4.78, 5) is 48.7. The fraction of sp³-hybridized carbons (Fsp3) is 0.412. The van der Waals surface area contributed by atoms with E-state index in [-0.39, 0.29) is 42.4 Å². The van der Waals surface area contributed by atoms with Crippen LogP contribution in [0.15, 0.2) is 78.0 Å². The molecule has 0 spiro atoms. The second kappa shape index (κ2) is 12.4. The number of amides is 2. The van der Waals surface area contributed by atoms with Crippen LogP contribution in [0.1, 0.15) is 46.7 Å². The summed E-state index contributed by atoms with van der Waals surface area (Å²) in [7, 11) is 1.84. The van der Waals surface area contributed by atoms with Crippen molar-refractivity contribution in [3.05, 3.63) is 100 Å². The molecular weight excluding hydrogens is 558 g/mol. The highest BCUT2D eigenvalue weighted by Crippen LogP contribution is 2.36. The summed E-state index contributed by atoms with van der Waals surface area (Å²) < 4.78 is 3.26. The summed E-state index contributed by atoms with van der Waals surface area (Å²) >= 11 is 0.